The van der Waals surface area contributed by atoms with Crippen molar-refractivity contribution in [3.63, 3.8) is 0 Å². The Labute approximate surface area is 233 Å². The largest absolute Gasteiger partial charge is 0.451 e. The number of nitrogens with one attached hydrogen (secondary N) is 3. The molecule has 2 atom stereocenters. The van der Waals surface area contributed by atoms with Gasteiger partial charge in [0.1, 0.15) is 10.2 Å². The summed E-state index contributed by atoms with van der Waals surface area (Å²) in [6.45, 7) is 0.422. The van der Waals surface area contributed by atoms with Gasteiger partial charge in [-0.1, -0.05) is 18.2 Å². The second-order valence-corrected chi connectivity index (χ2v) is 10.3. The van der Waals surface area contributed by atoms with Gasteiger partial charge in [-0.05, 0) is 52.5 Å². The van der Waals surface area contributed by atoms with E-state index < -0.39 is 47.1 Å². The van der Waals surface area contributed by atoms with Crippen molar-refractivity contribution in [2.24, 2.45) is 5.92 Å². The first-order valence-corrected chi connectivity index (χ1v) is 13.4. The smallest absolute Gasteiger partial charge is 0.420 e. The summed E-state index contributed by atoms with van der Waals surface area (Å²) in [5.41, 5.74) is -1.55. The zero-order valence-electron chi connectivity index (χ0n) is 20.4. The van der Waals surface area contributed by atoms with Crippen LogP contribution in [-0.4, -0.2) is 37.2 Å². The fourth-order valence-electron chi connectivity index (χ4n) is 4.15. The summed E-state index contributed by atoms with van der Waals surface area (Å²) in [6, 6.07) is 6.89. The third-order valence-corrected chi connectivity index (χ3v) is 7.54. The van der Waals surface area contributed by atoms with E-state index in [1.165, 1.54) is 37.4 Å². The van der Waals surface area contributed by atoms with Crippen molar-refractivity contribution in [3.8, 4) is 11.5 Å². The average Bonchev–Trinajstić information content (AvgIpc) is 3.35. The van der Waals surface area contributed by atoms with E-state index in [9.17, 15) is 27.2 Å². The maximum Gasteiger partial charge on any atom is 0.420 e. The molecule has 14 heteroatoms. The van der Waals surface area contributed by atoms with Gasteiger partial charge in [-0.3, -0.25) is 4.79 Å². The number of anilines is 1. The highest BCUT2D eigenvalue weighted by Crippen LogP contribution is 2.48. The van der Waals surface area contributed by atoms with E-state index in [4.69, 9.17) is 9.47 Å². The van der Waals surface area contributed by atoms with Gasteiger partial charge in [0.05, 0.1) is 12.3 Å². The lowest BCUT2D eigenvalue weighted by molar-refractivity contribution is -0.139. The number of piperidine rings is 1. The predicted octanol–water partition coefficient (Wildman–Crippen LogP) is 6.50. The number of amides is 2. The number of alkyl halides is 3. The van der Waals surface area contributed by atoms with Crippen molar-refractivity contribution in [2.45, 2.75) is 25.1 Å². The topological polar surface area (TPSA) is 102 Å². The number of aromatic nitrogens is 1. The molecule has 2 aromatic carbocycles. The molecule has 2 unspecified atom stereocenters. The van der Waals surface area contributed by atoms with Gasteiger partial charge in [0.15, 0.2) is 22.3 Å². The Morgan fingerprint density at radius 1 is 1.21 bits per heavy atom. The molecule has 0 saturated carbocycles. The molecule has 3 aromatic rings. The molecular formula is C25H23BrF4N4O4S. The minimum Gasteiger partial charge on any atom is -0.451 e. The number of nitrogens with zero attached hydrogens (tertiary/aromatic N) is 1. The van der Waals surface area contributed by atoms with Crippen LogP contribution in [0.1, 0.15) is 39.8 Å². The quantitative estimate of drug-likeness (QED) is 0.258. The van der Waals surface area contributed by atoms with Gasteiger partial charge in [0.25, 0.3) is 5.91 Å². The number of carbonyl (C=O) groups is 2. The van der Waals surface area contributed by atoms with E-state index in [-0.39, 0.29) is 28.8 Å². The van der Waals surface area contributed by atoms with Crippen molar-refractivity contribution in [1.29, 1.82) is 0 Å². The van der Waals surface area contributed by atoms with Gasteiger partial charge in [-0.2, -0.15) is 13.2 Å². The highest BCUT2D eigenvalue weighted by Gasteiger charge is 2.41. The van der Waals surface area contributed by atoms with Crippen LogP contribution in [0.2, 0.25) is 0 Å². The number of benzene rings is 2. The monoisotopic (exact) mass is 630 g/mol. The van der Waals surface area contributed by atoms with Crippen LogP contribution in [0.5, 0.6) is 11.5 Å². The predicted molar refractivity (Wildman–Crippen MR) is 140 cm³/mol. The lowest BCUT2D eigenvalue weighted by Gasteiger charge is -2.32. The van der Waals surface area contributed by atoms with E-state index in [0.29, 0.717) is 24.0 Å². The lowest BCUT2D eigenvalue weighted by Crippen LogP contribution is -2.37. The molecule has 0 bridgehead atoms. The van der Waals surface area contributed by atoms with Crippen LogP contribution in [0.25, 0.3) is 0 Å². The second-order valence-electron chi connectivity index (χ2n) is 8.62. The molecule has 1 aliphatic rings. The summed E-state index contributed by atoms with van der Waals surface area (Å²) in [5, 5.41) is 9.42. The van der Waals surface area contributed by atoms with Gasteiger partial charge >= 0.3 is 12.3 Å². The summed E-state index contributed by atoms with van der Waals surface area (Å²) in [5.74, 6) is -2.87. The van der Waals surface area contributed by atoms with Crippen LogP contribution in [0, 0.1) is 11.7 Å². The van der Waals surface area contributed by atoms with Crippen LogP contribution in [0.3, 0.4) is 0 Å². The van der Waals surface area contributed by atoms with Crippen LogP contribution in [0.15, 0.2) is 46.4 Å². The van der Waals surface area contributed by atoms with E-state index in [2.05, 4.69) is 36.9 Å². The Kier molecular flexibility index (Phi) is 9.08. The molecule has 2 heterocycles. The fourth-order valence-corrected chi connectivity index (χ4v) is 5.29. The molecule has 2 amide bonds. The zero-order chi connectivity index (χ0) is 28.2. The SMILES string of the molecule is CNC(=O)OCC1CCC(c2ccc(NC(=O)c3nc(Br)cs3)c(Oc3ccccc3F)c2C(F)(F)F)NC1. The number of hydrogen-bond acceptors (Lipinski definition) is 7. The van der Waals surface area contributed by atoms with Crippen molar-refractivity contribution in [3.05, 3.63) is 68.3 Å². The summed E-state index contributed by atoms with van der Waals surface area (Å²) >= 11 is 4.13. The molecule has 0 radical (unpaired) electrons. The normalized spacial score (nSPS) is 17.4. The Hall–Kier alpha value is -3.23. The van der Waals surface area contributed by atoms with Gasteiger partial charge in [-0.15, -0.1) is 11.3 Å². The van der Waals surface area contributed by atoms with Crippen molar-refractivity contribution in [1.82, 2.24) is 15.6 Å². The molecule has 0 aliphatic carbocycles. The molecule has 1 saturated heterocycles. The minimum absolute atomic E-state index is 0.00955. The third-order valence-electron chi connectivity index (χ3n) is 5.99. The van der Waals surface area contributed by atoms with Gasteiger partial charge < -0.3 is 25.4 Å². The second kappa shape index (κ2) is 12.3. The summed E-state index contributed by atoms with van der Waals surface area (Å²) in [7, 11) is 1.43. The lowest BCUT2D eigenvalue weighted by atomic mass is 9.88. The number of alkyl carbamates (subject to hydrolysis) is 1. The molecule has 3 N–H and O–H groups in total. The highest BCUT2D eigenvalue weighted by atomic mass is 79.9. The van der Waals surface area contributed by atoms with E-state index in [1.54, 1.807) is 5.38 Å². The van der Waals surface area contributed by atoms with E-state index >= 15 is 0 Å². The van der Waals surface area contributed by atoms with E-state index in [0.717, 1.165) is 17.4 Å². The number of para-hydroxylation sites is 1. The fraction of sp³-hybridized carbons (Fsp3) is 0.320. The van der Waals surface area contributed by atoms with Crippen molar-refractivity contribution >= 4 is 45.0 Å². The molecule has 1 fully saturated rings. The Bertz CT molecular complexity index is 1350. The van der Waals surface area contributed by atoms with Crippen LogP contribution in [0.4, 0.5) is 28.0 Å². The Morgan fingerprint density at radius 3 is 2.59 bits per heavy atom. The molecule has 39 heavy (non-hydrogen) atoms. The number of halogens is 5. The van der Waals surface area contributed by atoms with E-state index in [1.807, 2.05) is 0 Å². The third kappa shape index (κ3) is 7.05. The maximum absolute atomic E-state index is 14.6. The summed E-state index contributed by atoms with van der Waals surface area (Å²) in [6.07, 6.45) is -4.70. The standard InChI is InChI=1S/C25H23BrF4N4O4S/c1-31-24(36)37-11-13-6-8-16(32-10-13)14-7-9-17(33-22(35)23-34-19(26)12-39-23)21(20(14)25(28,29)30)38-18-5-3-2-4-15(18)27/h2-5,7,9,12-13,16,32H,6,8,10-11H2,1H3,(H,31,36)(H,33,35). The molecule has 8 nitrogen and oxygen atoms in total. The number of ether oxygens (including phenoxy) is 2. The summed E-state index contributed by atoms with van der Waals surface area (Å²) in [4.78, 5) is 28.1. The molecular weight excluding hydrogens is 608 g/mol. The molecule has 1 aromatic heterocycles. The molecule has 1 aliphatic heterocycles. The zero-order valence-corrected chi connectivity index (χ0v) is 22.8. The first kappa shape index (κ1) is 28.8. The van der Waals surface area contributed by atoms with Crippen LogP contribution >= 0.6 is 27.3 Å². The Balaban J connectivity index is 1.70. The average molecular weight is 631 g/mol. The van der Waals surface area contributed by atoms with Crippen molar-refractivity contribution < 1.29 is 36.6 Å². The van der Waals surface area contributed by atoms with Crippen LogP contribution < -0.4 is 20.7 Å². The minimum atomic E-state index is -4.91. The number of hydrogen-bond donors (Lipinski definition) is 3. The van der Waals surface area contributed by atoms with Crippen molar-refractivity contribution in [2.75, 3.05) is 25.5 Å². The highest BCUT2D eigenvalue weighted by molar-refractivity contribution is 9.10. The van der Waals surface area contributed by atoms with Gasteiger partial charge in [0.2, 0.25) is 0 Å². The van der Waals surface area contributed by atoms with Crippen LogP contribution in [-0.2, 0) is 10.9 Å². The number of rotatable bonds is 7. The van der Waals surface area contributed by atoms with Gasteiger partial charge in [0, 0.05) is 30.9 Å². The molecule has 208 valence electrons. The first-order valence-electron chi connectivity index (χ1n) is 11.7. The summed E-state index contributed by atoms with van der Waals surface area (Å²) < 4.78 is 69.4. The maximum atomic E-state index is 14.6. The molecule has 0 spiro atoms. The molecule has 4 rings (SSSR count). The number of carbonyl (C=O) groups excluding carboxylic acids is 2. The van der Waals surface area contributed by atoms with Gasteiger partial charge in [-0.25, -0.2) is 14.2 Å². The first-order chi connectivity index (χ1) is 18.6. The number of thiazole rings is 1. The Morgan fingerprint density at radius 2 is 1.97 bits per heavy atom.